The fourth-order valence-corrected chi connectivity index (χ4v) is 3.78. The van der Waals surface area contributed by atoms with Crippen molar-refractivity contribution >= 4 is 0 Å². The molecule has 1 saturated carbocycles. The Hall–Kier alpha value is -0.0800. The Kier molecular flexibility index (Phi) is 4.62. The van der Waals surface area contributed by atoms with Crippen LogP contribution in [0.1, 0.15) is 66.7 Å². The minimum atomic E-state index is 0.264. The fraction of sp³-hybridized carbons (Fsp3) is 1.00. The van der Waals surface area contributed by atoms with Crippen LogP contribution in [0, 0.1) is 11.3 Å². The minimum Gasteiger partial charge on any atom is -0.312 e. The average molecular weight is 266 g/mol. The standard InChI is InChI=1S/C17H34N2/c1-16(2,3)18-12-14-8-10-19(13-14)15-7-6-9-17(4,5)11-15/h14-15,18H,6-13H2,1-5H3. The van der Waals surface area contributed by atoms with Gasteiger partial charge in [-0.3, -0.25) is 0 Å². The molecule has 2 heteroatoms. The molecule has 0 radical (unpaired) electrons. The number of nitrogens with zero attached hydrogens (tertiary/aromatic N) is 1. The van der Waals surface area contributed by atoms with Crippen LogP contribution in [0.25, 0.3) is 0 Å². The van der Waals surface area contributed by atoms with Crippen LogP contribution in [0.4, 0.5) is 0 Å². The number of nitrogens with one attached hydrogen (secondary N) is 1. The van der Waals surface area contributed by atoms with Crippen LogP contribution in [0.15, 0.2) is 0 Å². The van der Waals surface area contributed by atoms with E-state index in [0.29, 0.717) is 5.41 Å². The lowest BCUT2D eigenvalue weighted by Crippen LogP contribution is -2.42. The second-order valence-corrected chi connectivity index (χ2v) is 8.69. The summed E-state index contributed by atoms with van der Waals surface area (Å²) in [6, 6.07) is 0.864. The van der Waals surface area contributed by atoms with Crippen molar-refractivity contribution in [2.24, 2.45) is 11.3 Å². The Morgan fingerprint density at radius 1 is 1.21 bits per heavy atom. The first-order chi connectivity index (χ1) is 8.75. The lowest BCUT2D eigenvalue weighted by Gasteiger charge is -2.40. The van der Waals surface area contributed by atoms with Crippen LogP contribution in [-0.2, 0) is 0 Å². The second-order valence-electron chi connectivity index (χ2n) is 8.69. The van der Waals surface area contributed by atoms with Crippen LogP contribution in [0.2, 0.25) is 0 Å². The van der Waals surface area contributed by atoms with Crippen LogP contribution in [0.3, 0.4) is 0 Å². The first-order valence-electron chi connectivity index (χ1n) is 8.24. The zero-order valence-electron chi connectivity index (χ0n) is 13.8. The van der Waals surface area contributed by atoms with Crippen molar-refractivity contribution in [1.82, 2.24) is 10.2 Å². The van der Waals surface area contributed by atoms with Gasteiger partial charge in [-0.2, -0.15) is 0 Å². The van der Waals surface area contributed by atoms with E-state index in [1.54, 1.807) is 0 Å². The minimum absolute atomic E-state index is 0.264. The van der Waals surface area contributed by atoms with Crippen LogP contribution in [-0.4, -0.2) is 36.1 Å². The Balaban J connectivity index is 1.78. The normalized spacial score (nSPS) is 32.7. The average Bonchev–Trinajstić information content (AvgIpc) is 2.72. The van der Waals surface area contributed by atoms with E-state index in [1.807, 2.05) is 0 Å². The zero-order valence-corrected chi connectivity index (χ0v) is 13.8. The third-order valence-corrected chi connectivity index (χ3v) is 4.93. The Morgan fingerprint density at radius 3 is 2.58 bits per heavy atom. The first kappa shape index (κ1) is 15.3. The highest BCUT2D eigenvalue weighted by Crippen LogP contribution is 2.38. The molecule has 2 atom stereocenters. The summed E-state index contributed by atoms with van der Waals surface area (Å²) in [5.74, 6) is 0.865. The SMILES string of the molecule is CC1(C)CCCC(N2CCC(CNC(C)(C)C)C2)C1. The fourth-order valence-electron chi connectivity index (χ4n) is 3.78. The molecule has 2 fully saturated rings. The number of rotatable bonds is 3. The highest BCUT2D eigenvalue weighted by atomic mass is 15.2. The summed E-state index contributed by atoms with van der Waals surface area (Å²) in [5, 5.41) is 3.68. The molecule has 0 bridgehead atoms. The molecule has 0 aromatic rings. The van der Waals surface area contributed by atoms with Gasteiger partial charge >= 0.3 is 0 Å². The van der Waals surface area contributed by atoms with Crippen molar-refractivity contribution in [1.29, 1.82) is 0 Å². The molecule has 112 valence electrons. The summed E-state index contributed by atoms with van der Waals surface area (Å²) in [6.45, 7) is 15.6. The summed E-state index contributed by atoms with van der Waals surface area (Å²) in [4.78, 5) is 2.79. The summed E-state index contributed by atoms with van der Waals surface area (Å²) in [7, 11) is 0. The highest BCUT2D eigenvalue weighted by Gasteiger charge is 2.34. The predicted molar refractivity (Wildman–Crippen MR) is 83.5 cm³/mol. The molecule has 1 heterocycles. The van der Waals surface area contributed by atoms with Crippen molar-refractivity contribution < 1.29 is 0 Å². The maximum Gasteiger partial charge on any atom is 0.0100 e. The molecule has 0 aromatic carbocycles. The molecule has 19 heavy (non-hydrogen) atoms. The van der Waals surface area contributed by atoms with Gasteiger partial charge in [-0.1, -0.05) is 20.3 Å². The molecule has 1 saturated heterocycles. The molecule has 2 aliphatic rings. The second kappa shape index (κ2) is 5.73. The predicted octanol–water partition coefficient (Wildman–Crippen LogP) is 3.67. The number of likely N-dealkylation sites (tertiary alicyclic amines) is 1. The lowest BCUT2D eigenvalue weighted by atomic mass is 9.75. The maximum absolute atomic E-state index is 3.68. The van der Waals surface area contributed by atoms with Gasteiger partial charge in [0.25, 0.3) is 0 Å². The Morgan fingerprint density at radius 2 is 1.95 bits per heavy atom. The van der Waals surface area contributed by atoms with E-state index in [-0.39, 0.29) is 5.54 Å². The Labute approximate surface area is 120 Å². The van der Waals surface area contributed by atoms with E-state index in [0.717, 1.165) is 12.0 Å². The number of hydrogen-bond donors (Lipinski definition) is 1. The Bertz CT molecular complexity index is 290. The van der Waals surface area contributed by atoms with Gasteiger partial charge < -0.3 is 10.2 Å². The largest absolute Gasteiger partial charge is 0.312 e. The molecule has 2 unspecified atom stereocenters. The monoisotopic (exact) mass is 266 g/mol. The topological polar surface area (TPSA) is 15.3 Å². The maximum atomic E-state index is 3.68. The molecule has 0 amide bonds. The molecule has 0 spiro atoms. The van der Waals surface area contributed by atoms with Gasteiger partial charge in [-0.15, -0.1) is 0 Å². The van der Waals surface area contributed by atoms with Gasteiger partial charge in [0.05, 0.1) is 0 Å². The van der Waals surface area contributed by atoms with Gasteiger partial charge in [0.2, 0.25) is 0 Å². The van der Waals surface area contributed by atoms with Gasteiger partial charge in [0, 0.05) is 18.1 Å². The molecular formula is C17H34N2. The summed E-state index contributed by atoms with van der Waals surface area (Å²) < 4.78 is 0. The summed E-state index contributed by atoms with van der Waals surface area (Å²) in [6.07, 6.45) is 7.08. The van der Waals surface area contributed by atoms with Crippen LogP contribution < -0.4 is 5.32 Å². The third kappa shape index (κ3) is 4.75. The van der Waals surface area contributed by atoms with E-state index in [9.17, 15) is 0 Å². The molecule has 1 aliphatic carbocycles. The van der Waals surface area contributed by atoms with Crippen LogP contribution >= 0.6 is 0 Å². The summed E-state index contributed by atoms with van der Waals surface area (Å²) in [5.41, 5.74) is 0.838. The van der Waals surface area contributed by atoms with Crippen molar-refractivity contribution in [2.45, 2.75) is 78.3 Å². The summed E-state index contributed by atoms with van der Waals surface area (Å²) >= 11 is 0. The van der Waals surface area contributed by atoms with Gasteiger partial charge in [-0.05, 0) is 70.9 Å². The lowest BCUT2D eigenvalue weighted by molar-refractivity contribution is 0.110. The molecule has 2 rings (SSSR count). The first-order valence-corrected chi connectivity index (χ1v) is 8.24. The van der Waals surface area contributed by atoms with Crippen molar-refractivity contribution in [3.05, 3.63) is 0 Å². The molecule has 0 aromatic heterocycles. The molecule has 2 nitrogen and oxygen atoms in total. The van der Waals surface area contributed by atoms with Gasteiger partial charge in [-0.25, -0.2) is 0 Å². The van der Waals surface area contributed by atoms with Crippen molar-refractivity contribution in [3.63, 3.8) is 0 Å². The highest BCUT2D eigenvalue weighted by molar-refractivity contribution is 4.89. The molecule has 1 N–H and O–H groups in total. The van der Waals surface area contributed by atoms with E-state index >= 15 is 0 Å². The van der Waals surface area contributed by atoms with Crippen molar-refractivity contribution in [2.75, 3.05) is 19.6 Å². The van der Waals surface area contributed by atoms with E-state index < -0.39 is 0 Å². The van der Waals surface area contributed by atoms with E-state index in [4.69, 9.17) is 0 Å². The van der Waals surface area contributed by atoms with Crippen molar-refractivity contribution in [3.8, 4) is 0 Å². The molecule has 1 aliphatic heterocycles. The van der Waals surface area contributed by atoms with Crippen LogP contribution in [0.5, 0.6) is 0 Å². The molecular weight excluding hydrogens is 232 g/mol. The van der Waals surface area contributed by atoms with Gasteiger partial charge in [0.15, 0.2) is 0 Å². The smallest absolute Gasteiger partial charge is 0.0100 e. The quantitative estimate of drug-likeness (QED) is 0.838. The van der Waals surface area contributed by atoms with E-state index in [2.05, 4.69) is 44.8 Å². The zero-order chi connectivity index (χ0) is 14.1. The number of hydrogen-bond acceptors (Lipinski definition) is 2. The van der Waals surface area contributed by atoms with E-state index in [1.165, 1.54) is 51.7 Å². The third-order valence-electron chi connectivity index (χ3n) is 4.93. The van der Waals surface area contributed by atoms with Gasteiger partial charge in [0.1, 0.15) is 0 Å².